The summed E-state index contributed by atoms with van der Waals surface area (Å²) >= 11 is 1.23. The van der Waals surface area contributed by atoms with E-state index in [9.17, 15) is 4.79 Å². The lowest BCUT2D eigenvalue weighted by Crippen LogP contribution is -2.46. The molecular formula is C23H27N5O2S. The number of nitrogens with zero attached hydrogens (tertiary/aromatic N) is 4. The number of piperazine rings is 1. The standard InChI is InChI=1S/C23H27N5O2S/c1-3-27-12-14-28(15-13-27)20-10-8-19(9-11-20)24-21(29)16-31-23-26-25-22(30-23)18-6-4-17(2)5-7-18/h4-11H,3,12-16H2,1-2H3,(H,24,29). The lowest BCUT2D eigenvalue weighted by Gasteiger charge is -2.35. The minimum Gasteiger partial charge on any atom is -0.411 e. The highest BCUT2D eigenvalue weighted by Gasteiger charge is 2.16. The summed E-state index contributed by atoms with van der Waals surface area (Å²) in [5, 5.41) is 11.4. The van der Waals surface area contributed by atoms with Gasteiger partial charge in [0.2, 0.25) is 11.8 Å². The van der Waals surface area contributed by atoms with Crippen molar-refractivity contribution in [1.82, 2.24) is 15.1 Å². The number of anilines is 2. The molecule has 162 valence electrons. The van der Waals surface area contributed by atoms with E-state index in [1.54, 1.807) is 0 Å². The molecule has 7 nitrogen and oxygen atoms in total. The van der Waals surface area contributed by atoms with Crippen molar-refractivity contribution in [2.45, 2.75) is 19.1 Å². The first kappa shape index (κ1) is 21.4. The van der Waals surface area contributed by atoms with Gasteiger partial charge < -0.3 is 19.5 Å². The summed E-state index contributed by atoms with van der Waals surface area (Å²) < 4.78 is 5.66. The quantitative estimate of drug-likeness (QED) is 0.562. The Kier molecular flexibility index (Phi) is 6.89. The van der Waals surface area contributed by atoms with Gasteiger partial charge in [0.05, 0.1) is 5.75 Å². The summed E-state index contributed by atoms with van der Waals surface area (Å²) in [6.07, 6.45) is 0. The zero-order chi connectivity index (χ0) is 21.6. The van der Waals surface area contributed by atoms with Crippen molar-refractivity contribution in [3.63, 3.8) is 0 Å². The molecule has 1 amide bonds. The van der Waals surface area contributed by atoms with Gasteiger partial charge in [-0.15, -0.1) is 10.2 Å². The van der Waals surface area contributed by atoms with Crippen LogP contribution in [0.2, 0.25) is 0 Å². The van der Waals surface area contributed by atoms with E-state index in [2.05, 4.69) is 44.4 Å². The summed E-state index contributed by atoms with van der Waals surface area (Å²) in [6, 6.07) is 15.9. The summed E-state index contributed by atoms with van der Waals surface area (Å²) in [6.45, 7) is 9.58. The first-order valence-electron chi connectivity index (χ1n) is 10.5. The zero-order valence-electron chi connectivity index (χ0n) is 17.9. The van der Waals surface area contributed by atoms with Crippen LogP contribution in [0.4, 0.5) is 11.4 Å². The molecule has 0 atom stereocenters. The molecule has 0 radical (unpaired) electrons. The van der Waals surface area contributed by atoms with Crippen molar-refractivity contribution in [2.24, 2.45) is 0 Å². The van der Waals surface area contributed by atoms with E-state index in [1.165, 1.54) is 23.0 Å². The van der Waals surface area contributed by atoms with Gasteiger partial charge in [0.1, 0.15) is 0 Å². The molecule has 31 heavy (non-hydrogen) atoms. The third-order valence-corrected chi connectivity index (χ3v) is 6.19. The average molecular weight is 438 g/mol. The maximum atomic E-state index is 12.3. The average Bonchev–Trinajstić information content (AvgIpc) is 3.28. The number of hydrogen-bond donors (Lipinski definition) is 1. The number of thioether (sulfide) groups is 1. The third-order valence-electron chi connectivity index (χ3n) is 5.37. The molecule has 1 aromatic heterocycles. The van der Waals surface area contributed by atoms with Crippen LogP contribution in [-0.2, 0) is 4.79 Å². The summed E-state index contributed by atoms with van der Waals surface area (Å²) in [4.78, 5) is 17.2. The van der Waals surface area contributed by atoms with E-state index < -0.39 is 0 Å². The van der Waals surface area contributed by atoms with Crippen LogP contribution in [-0.4, -0.2) is 59.5 Å². The van der Waals surface area contributed by atoms with Crippen molar-refractivity contribution in [1.29, 1.82) is 0 Å². The maximum absolute atomic E-state index is 12.3. The van der Waals surface area contributed by atoms with Gasteiger partial charge in [-0.25, -0.2) is 0 Å². The largest absolute Gasteiger partial charge is 0.411 e. The van der Waals surface area contributed by atoms with E-state index in [-0.39, 0.29) is 11.7 Å². The minimum atomic E-state index is -0.107. The smallest absolute Gasteiger partial charge is 0.277 e. The van der Waals surface area contributed by atoms with Crippen LogP contribution < -0.4 is 10.2 Å². The minimum absolute atomic E-state index is 0.107. The highest BCUT2D eigenvalue weighted by Crippen LogP contribution is 2.24. The van der Waals surface area contributed by atoms with E-state index in [0.29, 0.717) is 11.1 Å². The van der Waals surface area contributed by atoms with Crippen LogP contribution in [0, 0.1) is 6.92 Å². The Balaban J connectivity index is 1.26. The Hall–Kier alpha value is -2.84. The van der Waals surface area contributed by atoms with Crippen LogP contribution in [0.25, 0.3) is 11.5 Å². The van der Waals surface area contributed by atoms with E-state index in [1.807, 2.05) is 43.3 Å². The Labute approximate surface area is 186 Å². The number of likely N-dealkylation sites (N-methyl/N-ethyl adjacent to an activating group) is 1. The molecule has 1 aliphatic heterocycles. The summed E-state index contributed by atoms with van der Waals surface area (Å²) in [5.41, 5.74) is 4.01. The predicted molar refractivity (Wildman–Crippen MR) is 125 cm³/mol. The molecule has 1 saturated heterocycles. The molecule has 0 aliphatic carbocycles. The summed E-state index contributed by atoms with van der Waals surface area (Å²) in [5.74, 6) is 0.554. The maximum Gasteiger partial charge on any atom is 0.277 e. The fourth-order valence-electron chi connectivity index (χ4n) is 3.48. The van der Waals surface area contributed by atoms with Crippen molar-refractivity contribution < 1.29 is 9.21 Å². The number of hydrogen-bond acceptors (Lipinski definition) is 7. The molecule has 0 spiro atoms. The normalized spacial score (nSPS) is 14.6. The second-order valence-electron chi connectivity index (χ2n) is 7.54. The number of aryl methyl sites for hydroxylation is 1. The molecule has 4 rings (SSSR count). The molecule has 0 unspecified atom stereocenters. The monoisotopic (exact) mass is 437 g/mol. The number of amides is 1. The van der Waals surface area contributed by atoms with Gasteiger partial charge in [-0.2, -0.15) is 0 Å². The fraction of sp³-hybridized carbons (Fsp3) is 0.348. The number of nitrogens with one attached hydrogen (secondary N) is 1. The first-order valence-corrected chi connectivity index (χ1v) is 11.5. The van der Waals surface area contributed by atoms with Crippen molar-refractivity contribution in [3.05, 3.63) is 54.1 Å². The van der Waals surface area contributed by atoms with Crippen LogP contribution in [0.3, 0.4) is 0 Å². The zero-order valence-corrected chi connectivity index (χ0v) is 18.7. The second-order valence-corrected chi connectivity index (χ2v) is 8.47. The first-order chi connectivity index (χ1) is 15.1. The molecular weight excluding hydrogens is 410 g/mol. The fourth-order valence-corrected chi connectivity index (χ4v) is 4.05. The van der Waals surface area contributed by atoms with Crippen molar-refractivity contribution in [2.75, 3.05) is 48.7 Å². The van der Waals surface area contributed by atoms with Crippen molar-refractivity contribution >= 4 is 29.0 Å². The van der Waals surface area contributed by atoms with Gasteiger partial charge >= 0.3 is 0 Å². The Morgan fingerprint density at radius 1 is 1.03 bits per heavy atom. The SMILES string of the molecule is CCN1CCN(c2ccc(NC(=O)CSc3nnc(-c4ccc(C)cc4)o3)cc2)CC1. The third kappa shape index (κ3) is 5.65. The second kappa shape index (κ2) is 9.98. The predicted octanol–water partition coefficient (Wildman–Crippen LogP) is 3.92. The topological polar surface area (TPSA) is 74.5 Å². The number of carbonyl (C=O) groups is 1. The molecule has 1 N–H and O–H groups in total. The molecule has 3 aromatic rings. The number of benzene rings is 2. The molecule has 0 saturated carbocycles. The Bertz CT molecular complexity index is 996. The van der Waals surface area contributed by atoms with Crippen molar-refractivity contribution in [3.8, 4) is 11.5 Å². The Morgan fingerprint density at radius 2 is 1.74 bits per heavy atom. The van der Waals surface area contributed by atoms with E-state index in [4.69, 9.17) is 4.42 Å². The van der Waals surface area contributed by atoms with Gasteiger partial charge in [-0.05, 0) is 49.9 Å². The molecule has 1 fully saturated rings. The molecule has 2 heterocycles. The summed E-state index contributed by atoms with van der Waals surface area (Å²) in [7, 11) is 0. The molecule has 1 aliphatic rings. The van der Waals surface area contributed by atoms with Crippen LogP contribution in [0.1, 0.15) is 12.5 Å². The van der Waals surface area contributed by atoms with Gasteiger partial charge in [0.25, 0.3) is 5.22 Å². The van der Waals surface area contributed by atoms with Crippen LogP contribution >= 0.6 is 11.8 Å². The van der Waals surface area contributed by atoms with Crippen LogP contribution in [0.15, 0.2) is 58.2 Å². The molecule has 2 aromatic carbocycles. The highest BCUT2D eigenvalue weighted by molar-refractivity contribution is 7.99. The van der Waals surface area contributed by atoms with Gasteiger partial charge in [-0.3, -0.25) is 4.79 Å². The lowest BCUT2D eigenvalue weighted by atomic mass is 10.1. The van der Waals surface area contributed by atoms with E-state index >= 15 is 0 Å². The van der Waals surface area contributed by atoms with Crippen LogP contribution in [0.5, 0.6) is 0 Å². The lowest BCUT2D eigenvalue weighted by molar-refractivity contribution is -0.113. The Morgan fingerprint density at radius 3 is 2.42 bits per heavy atom. The molecule has 0 bridgehead atoms. The molecule has 8 heteroatoms. The van der Waals surface area contributed by atoms with Gasteiger partial charge in [0, 0.05) is 43.1 Å². The number of aromatic nitrogens is 2. The van der Waals surface area contributed by atoms with Gasteiger partial charge in [0.15, 0.2) is 0 Å². The number of rotatable bonds is 7. The number of carbonyl (C=O) groups excluding carboxylic acids is 1. The van der Waals surface area contributed by atoms with E-state index in [0.717, 1.165) is 44.0 Å². The van der Waals surface area contributed by atoms with Gasteiger partial charge in [-0.1, -0.05) is 36.4 Å². The highest BCUT2D eigenvalue weighted by atomic mass is 32.2.